The summed E-state index contributed by atoms with van der Waals surface area (Å²) >= 11 is 1.56. The van der Waals surface area contributed by atoms with E-state index in [0.29, 0.717) is 24.1 Å². The number of anilines is 1. The molecule has 2 N–H and O–H groups in total. The van der Waals surface area contributed by atoms with Gasteiger partial charge in [-0.05, 0) is 49.8 Å². The number of nitriles is 1. The van der Waals surface area contributed by atoms with Crippen molar-refractivity contribution in [2.45, 2.75) is 44.6 Å². The monoisotopic (exact) mass is 422 g/mol. The Balaban J connectivity index is 1.20. The number of thiophene rings is 1. The normalized spacial score (nSPS) is 16.6. The molecule has 0 spiro atoms. The lowest BCUT2D eigenvalue weighted by Gasteiger charge is -2.32. The maximum Gasteiger partial charge on any atom is 0.251 e. The van der Waals surface area contributed by atoms with Crippen LogP contribution in [0.2, 0.25) is 0 Å². The quantitative estimate of drug-likeness (QED) is 0.748. The number of carbonyl (C=O) groups is 2. The Bertz CT molecular complexity index is 956. The molecule has 6 nitrogen and oxygen atoms in total. The predicted octanol–water partition coefficient (Wildman–Crippen LogP) is 3.33. The second kappa shape index (κ2) is 9.41. The molecule has 1 saturated heterocycles. The van der Waals surface area contributed by atoms with Crippen molar-refractivity contribution in [1.29, 1.82) is 5.26 Å². The van der Waals surface area contributed by atoms with Crippen molar-refractivity contribution in [2.75, 3.05) is 25.0 Å². The highest BCUT2D eigenvalue weighted by molar-refractivity contribution is 7.16. The molecule has 1 aliphatic carbocycles. The van der Waals surface area contributed by atoms with Crippen LogP contribution < -0.4 is 10.6 Å². The van der Waals surface area contributed by atoms with Crippen molar-refractivity contribution >= 4 is 28.2 Å². The summed E-state index contributed by atoms with van der Waals surface area (Å²) in [4.78, 5) is 28.2. The van der Waals surface area contributed by atoms with Gasteiger partial charge in [0.2, 0.25) is 5.91 Å². The molecule has 30 heavy (non-hydrogen) atoms. The van der Waals surface area contributed by atoms with E-state index in [-0.39, 0.29) is 17.9 Å². The zero-order valence-corrected chi connectivity index (χ0v) is 17.8. The van der Waals surface area contributed by atoms with Crippen molar-refractivity contribution < 1.29 is 9.59 Å². The first-order valence-electron chi connectivity index (χ1n) is 10.6. The zero-order chi connectivity index (χ0) is 20.9. The summed E-state index contributed by atoms with van der Waals surface area (Å²) in [5, 5.41) is 16.2. The fourth-order valence-electron chi connectivity index (χ4n) is 4.22. The molecule has 0 radical (unpaired) electrons. The van der Waals surface area contributed by atoms with Crippen molar-refractivity contribution in [3.8, 4) is 6.07 Å². The third-order valence-electron chi connectivity index (χ3n) is 5.90. The van der Waals surface area contributed by atoms with Crippen LogP contribution in [-0.2, 0) is 17.6 Å². The van der Waals surface area contributed by atoms with E-state index in [1.807, 2.05) is 30.3 Å². The van der Waals surface area contributed by atoms with Crippen LogP contribution in [0.1, 0.15) is 52.0 Å². The van der Waals surface area contributed by atoms with Crippen molar-refractivity contribution in [2.24, 2.45) is 0 Å². The average molecular weight is 423 g/mol. The lowest BCUT2D eigenvalue weighted by molar-refractivity contribution is -0.116. The number of piperidine rings is 1. The highest BCUT2D eigenvalue weighted by Gasteiger charge is 2.24. The fraction of sp³-hybridized carbons (Fsp3) is 0.435. The van der Waals surface area contributed by atoms with Crippen LogP contribution in [0, 0.1) is 11.3 Å². The number of nitrogens with one attached hydrogen (secondary N) is 2. The second-order valence-corrected chi connectivity index (χ2v) is 9.03. The van der Waals surface area contributed by atoms with Crippen LogP contribution in [0.5, 0.6) is 0 Å². The number of rotatable bonds is 6. The van der Waals surface area contributed by atoms with Gasteiger partial charge in [0.1, 0.15) is 11.1 Å². The number of nitrogens with zero attached hydrogens (tertiary/aromatic N) is 2. The predicted molar refractivity (Wildman–Crippen MR) is 118 cm³/mol. The Kier molecular flexibility index (Phi) is 6.46. The molecule has 2 amide bonds. The molecule has 7 heteroatoms. The van der Waals surface area contributed by atoms with Gasteiger partial charge in [-0.3, -0.25) is 9.59 Å². The molecule has 0 atom stereocenters. The third-order valence-corrected chi connectivity index (χ3v) is 7.11. The third kappa shape index (κ3) is 4.72. The fourth-order valence-corrected chi connectivity index (χ4v) is 5.47. The molecule has 0 bridgehead atoms. The van der Waals surface area contributed by atoms with E-state index in [2.05, 4.69) is 21.6 Å². The Morgan fingerprint density at radius 1 is 1.17 bits per heavy atom. The van der Waals surface area contributed by atoms with Crippen LogP contribution >= 0.6 is 11.3 Å². The number of amides is 2. The van der Waals surface area contributed by atoms with E-state index in [0.717, 1.165) is 55.8 Å². The molecular formula is C23H26N4O2S. The lowest BCUT2D eigenvalue weighted by Crippen LogP contribution is -2.45. The van der Waals surface area contributed by atoms with Gasteiger partial charge in [-0.1, -0.05) is 18.2 Å². The maximum absolute atomic E-state index is 12.4. The minimum Gasteiger partial charge on any atom is -0.349 e. The molecule has 2 heterocycles. The first-order chi connectivity index (χ1) is 14.6. The number of fused-ring (bicyclic) bond motifs is 1. The summed E-state index contributed by atoms with van der Waals surface area (Å²) in [6.07, 6.45) is 5.24. The minimum absolute atomic E-state index is 0.0235. The van der Waals surface area contributed by atoms with Crippen LogP contribution in [-0.4, -0.2) is 42.4 Å². The van der Waals surface area contributed by atoms with Gasteiger partial charge < -0.3 is 15.5 Å². The molecule has 0 saturated carbocycles. The number of aryl methyl sites for hydroxylation is 1. The standard InChI is InChI=1S/C23H26N4O2S/c24-15-19-18-7-4-8-20(18)30-23(19)26-21(28)11-14-27-12-9-17(10-13-27)25-22(29)16-5-2-1-3-6-16/h1-3,5-6,17H,4,7-14H2,(H,25,29)(H,26,28). The van der Waals surface area contributed by atoms with Gasteiger partial charge >= 0.3 is 0 Å². The highest BCUT2D eigenvalue weighted by atomic mass is 32.1. The molecule has 4 rings (SSSR count). The highest BCUT2D eigenvalue weighted by Crippen LogP contribution is 2.38. The van der Waals surface area contributed by atoms with Crippen molar-refractivity contribution in [1.82, 2.24) is 10.2 Å². The molecule has 156 valence electrons. The Morgan fingerprint density at radius 2 is 1.93 bits per heavy atom. The number of carbonyl (C=O) groups excluding carboxylic acids is 2. The summed E-state index contributed by atoms with van der Waals surface area (Å²) in [5.74, 6) is -0.0597. The van der Waals surface area contributed by atoms with Gasteiger partial charge in [-0.15, -0.1) is 11.3 Å². The van der Waals surface area contributed by atoms with E-state index >= 15 is 0 Å². The number of likely N-dealkylation sites (tertiary alicyclic amines) is 1. The SMILES string of the molecule is N#Cc1c(NC(=O)CCN2CCC(NC(=O)c3ccccc3)CC2)sc2c1CCC2. The van der Waals surface area contributed by atoms with Crippen LogP contribution in [0.15, 0.2) is 30.3 Å². The van der Waals surface area contributed by atoms with Crippen LogP contribution in [0.3, 0.4) is 0 Å². The summed E-state index contributed by atoms with van der Waals surface area (Å²) in [6.45, 7) is 2.42. The Labute approximate surface area is 180 Å². The smallest absolute Gasteiger partial charge is 0.251 e. The molecule has 2 aromatic rings. The average Bonchev–Trinajstić information content (AvgIpc) is 3.34. The van der Waals surface area contributed by atoms with Gasteiger partial charge in [-0.2, -0.15) is 5.26 Å². The van der Waals surface area contributed by atoms with Gasteiger partial charge in [-0.25, -0.2) is 0 Å². The Morgan fingerprint density at radius 3 is 2.67 bits per heavy atom. The first-order valence-corrected chi connectivity index (χ1v) is 11.4. The van der Waals surface area contributed by atoms with Gasteiger partial charge in [0.25, 0.3) is 5.91 Å². The number of hydrogen-bond donors (Lipinski definition) is 2. The van der Waals surface area contributed by atoms with Gasteiger partial charge in [0, 0.05) is 42.5 Å². The Hall–Kier alpha value is -2.69. The van der Waals surface area contributed by atoms with E-state index in [9.17, 15) is 14.9 Å². The zero-order valence-electron chi connectivity index (χ0n) is 16.9. The molecule has 1 aromatic heterocycles. The second-order valence-electron chi connectivity index (χ2n) is 7.93. The lowest BCUT2D eigenvalue weighted by atomic mass is 10.0. The van der Waals surface area contributed by atoms with E-state index < -0.39 is 0 Å². The van der Waals surface area contributed by atoms with Gasteiger partial charge in [0.05, 0.1) is 5.56 Å². The van der Waals surface area contributed by atoms with E-state index in [1.165, 1.54) is 4.88 Å². The molecule has 0 unspecified atom stereocenters. The molecule has 1 fully saturated rings. The summed E-state index contributed by atoms with van der Waals surface area (Å²) in [7, 11) is 0. The minimum atomic E-state index is -0.0362. The molecule has 2 aliphatic rings. The van der Waals surface area contributed by atoms with Gasteiger partial charge in [0.15, 0.2) is 0 Å². The van der Waals surface area contributed by atoms with Crippen LogP contribution in [0.4, 0.5) is 5.00 Å². The largest absolute Gasteiger partial charge is 0.349 e. The summed E-state index contributed by atoms with van der Waals surface area (Å²) < 4.78 is 0. The molecular weight excluding hydrogens is 396 g/mol. The molecule has 1 aliphatic heterocycles. The number of hydrogen-bond acceptors (Lipinski definition) is 5. The van der Waals surface area contributed by atoms with Crippen molar-refractivity contribution in [3.05, 3.63) is 51.9 Å². The maximum atomic E-state index is 12.4. The topological polar surface area (TPSA) is 85.2 Å². The summed E-state index contributed by atoms with van der Waals surface area (Å²) in [6, 6.07) is 11.7. The van der Waals surface area contributed by atoms with Crippen LogP contribution in [0.25, 0.3) is 0 Å². The van der Waals surface area contributed by atoms with E-state index in [1.54, 1.807) is 11.3 Å². The first kappa shape index (κ1) is 20.6. The van der Waals surface area contributed by atoms with E-state index in [4.69, 9.17) is 0 Å². The summed E-state index contributed by atoms with van der Waals surface area (Å²) in [5.41, 5.74) is 2.49. The van der Waals surface area contributed by atoms with Crippen molar-refractivity contribution in [3.63, 3.8) is 0 Å². The molecule has 1 aromatic carbocycles. The number of benzene rings is 1.